The van der Waals surface area contributed by atoms with E-state index in [1.165, 1.54) is 16.7 Å². The van der Waals surface area contributed by atoms with E-state index in [4.69, 9.17) is 4.74 Å². The zero-order valence-electron chi connectivity index (χ0n) is 17.0. The Morgan fingerprint density at radius 2 is 1.64 bits per heavy atom. The molecular formula is C23H36O2. The van der Waals surface area contributed by atoms with Crippen molar-refractivity contribution in [3.05, 3.63) is 47.1 Å². The molecule has 0 fully saturated rings. The second kappa shape index (κ2) is 11.3. The van der Waals surface area contributed by atoms with Crippen molar-refractivity contribution in [1.82, 2.24) is 0 Å². The van der Waals surface area contributed by atoms with Crippen molar-refractivity contribution >= 4 is 5.78 Å². The van der Waals surface area contributed by atoms with Crippen molar-refractivity contribution in [3.8, 4) is 0 Å². The Balaban J connectivity index is 2.46. The SMILES string of the molecule is COC1C=CC(=O)C(C)[C@@H]1C/C=C(\C)CC/C=C(\C)CCC=C(C)C. The van der Waals surface area contributed by atoms with E-state index in [9.17, 15) is 4.79 Å². The Bertz CT molecular complexity index is 544. The molecule has 0 spiro atoms. The number of ether oxygens (including phenoxy) is 1. The molecule has 1 rings (SSSR count). The van der Waals surface area contributed by atoms with Crippen LogP contribution in [0.1, 0.15) is 66.7 Å². The van der Waals surface area contributed by atoms with Gasteiger partial charge in [-0.1, -0.05) is 47.9 Å². The van der Waals surface area contributed by atoms with E-state index >= 15 is 0 Å². The molecule has 0 aromatic rings. The first-order valence-electron chi connectivity index (χ1n) is 9.54. The lowest BCUT2D eigenvalue weighted by Crippen LogP contribution is -2.34. The third-order valence-electron chi connectivity index (χ3n) is 5.10. The number of ketones is 1. The Labute approximate surface area is 154 Å². The van der Waals surface area contributed by atoms with E-state index in [0.717, 1.165) is 32.1 Å². The summed E-state index contributed by atoms with van der Waals surface area (Å²) in [6, 6.07) is 0. The fraction of sp³-hybridized carbons (Fsp3) is 0.609. The molecule has 2 heteroatoms. The van der Waals surface area contributed by atoms with Gasteiger partial charge < -0.3 is 4.74 Å². The molecule has 0 radical (unpaired) electrons. The third kappa shape index (κ3) is 8.00. The van der Waals surface area contributed by atoms with Crippen LogP contribution in [0, 0.1) is 11.8 Å². The van der Waals surface area contributed by atoms with Crippen LogP contribution in [0.5, 0.6) is 0 Å². The quantitative estimate of drug-likeness (QED) is 0.465. The Hall–Kier alpha value is -1.41. The molecule has 0 heterocycles. The summed E-state index contributed by atoms with van der Waals surface area (Å²) >= 11 is 0. The van der Waals surface area contributed by atoms with Crippen LogP contribution in [-0.4, -0.2) is 19.0 Å². The molecule has 1 aliphatic carbocycles. The van der Waals surface area contributed by atoms with Crippen LogP contribution in [0.2, 0.25) is 0 Å². The number of methoxy groups -OCH3 is 1. The van der Waals surface area contributed by atoms with Crippen LogP contribution in [0.3, 0.4) is 0 Å². The molecule has 0 bridgehead atoms. The Morgan fingerprint density at radius 1 is 1.04 bits per heavy atom. The lowest BCUT2D eigenvalue weighted by Gasteiger charge is -2.30. The van der Waals surface area contributed by atoms with Gasteiger partial charge in [-0.15, -0.1) is 0 Å². The van der Waals surface area contributed by atoms with Crippen LogP contribution >= 0.6 is 0 Å². The average Bonchev–Trinajstić information content (AvgIpc) is 2.55. The topological polar surface area (TPSA) is 26.3 Å². The normalized spacial score (nSPS) is 24.6. The van der Waals surface area contributed by atoms with Crippen LogP contribution in [0.25, 0.3) is 0 Å². The number of carbonyl (C=O) groups is 1. The van der Waals surface area contributed by atoms with E-state index in [1.54, 1.807) is 13.2 Å². The van der Waals surface area contributed by atoms with Gasteiger partial charge in [0.1, 0.15) is 0 Å². The minimum atomic E-state index is 0.0382. The van der Waals surface area contributed by atoms with Crippen molar-refractivity contribution in [2.45, 2.75) is 72.8 Å². The van der Waals surface area contributed by atoms with E-state index in [0.29, 0.717) is 0 Å². The maximum atomic E-state index is 11.9. The highest BCUT2D eigenvalue weighted by Gasteiger charge is 2.31. The summed E-state index contributed by atoms with van der Waals surface area (Å²) < 4.78 is 5.54. The van der Waals surface area contributed by atoms with Crippen molar-refractivity contribution in [2.75, 3.05) is 7.11 Å². The summed E-state index contributed by atoms with van der Waals surface area (Å²) in [5, 5.41) is 0. The minimum Gasteiger partial charge on any atom is -0.377 e. The predicted molar refractivity (Wildman–Crippen MR) is 108 cm³/mol. The summed E-state index contributed by atoms with van der Waals surface area (Å²) in [6.45, 7) is 10.7. The number of hydrogen-bond acceptors (Lipinski definition) is 2. The summed E-state index contributed by atoms with van der Waals surface area (Å²) in [5.74, 6) is 0.509. The van der Waals surface area contributed by atoms with Crippen molar-refractivity contribution in [2.24, 2.45) is 11.8 Å². The molecule has 2 nitrogen and oxygen atoms in total. The Morgan fingerprint density at radius 3 is 2.24 bits per heavy atom. The molecule has 2 unspecified atom stereocenters. The number of allylic oxidation sites excluding steroid dienone is 7. The lowest BCUT2D eigenvalue weighted by atomic mass is 9.79. The van der Waals surface area contributed by atoms with Gasteiger partial charge in [0.05, 0.1) is 6.10 Å². The molecule has 0 amide bonds. The standard InChI is InChI=1S/C23H36O2/c1-17(2)9-7-10-18(3)11-8-12-19(4)13-14-21-20(5)22(24)15-16-23(21)25-6/h9,11,13,15-16,20-21,23H,7-8,10,12,14H2,1-6H3/b18-11+,19-13+/t20?,21-,23?/m0/s1. The molecule has 3 atom stereocenters. The van der Waals surface area contributed by atoms with E-state index in [-0.39, 0.29) is 23.7 Å². The highest BCUT2D eigenvalue weighted by Crippen LogP contribution is 2.29. The first-order valence-corrected chi connectivity index (χ1v) is 9.54. The molecule has 0 saturated heterocycles. The van der Waals surface area contributed by atoms with Gasteiger partial charge in [-0.2, -0.15) is 0 Å². The van der Waals surface area contributed by atoms with E-state index < -0.39 is 0 Å². The van der Waals surface area contributed by atoms with Gasteiger partial charge in [0, 0.05) is 18.9 Å². The fourth-order valence-corrected chi connectivity index (χ4v) is 3.25. The summed E-state index contributed by atoms with van der Waals surface area (Å²) in [6.07, 6.45) is 16.0. The molecule has 140 valence electrons. The zero-order chi connectivity index (χ0) is 18.8. The molecule has 0 aromatic carbocycles. The highest BCUT2D eigenvalue weighted by atomic mass is 16.5. The van der Waals surface area contributed by atoms with Crippen LogP contribution in [-0.2, 0) is 9.53 Å². The van der Waals surface area contributed by atoms with Gasteiger partial charge in [0.15, 0.2) is 5.78 Å². The van der Waals surface area contributed by atoms with Crippen LogP contribution < -0.4 is 0 Å². The van der Waals surface area contributed by atoms with Gasteiger partial charge in [0.2, 0.25) is 0 Å². The van der Waals surface area contributed by atoms with Gasteiger partial charge in [-0.25, -0.2) is 0 Å². The number of hydrogen-bond donors (Lipinski definition) is 0. The molecule has 25 heavy (non-hydrogen) atoms. The molecule has 0 aromatic heterocycles. The second-order valence-electron chi connectivity index (χ2n) is 7.61. The van der Waals surface area contributed by atoms with Gasteiger partial charge in [0.25, 0.3) is 0 Å². The molecule has 1 aliphatic rings. The van der Waals surface area contributed by atoms with Crippen LogP contribution in [0.15, 0.2) is 47.1 Å². The highest BCUT2D eigenvalue weighted by molar-refractivity contribution is 5.92. The molecule has 0 saturated carbocycles. The van der Waals surface area contributed by atoms with Crippen molar-refractivity contribution in [1.29, 1.82) is 0 Å². The average molecular weight is 345 g/mol. The molecule has 0 N–H and O–H groups in total. The second-order valence-corrected chi connectivity index (χ2v) is 7.61. The largest absolute Gasteiger partial charge is 0.377 e. The van der Waals surface area contributed by atoms with Gasteiger partial charge in [-0.3, -0.25) is 4.79 Å². The van der Waals surface area contributed by atoms with Crippen LogP contribution in [0.4, 0.5) is 0 Å². The fourth-order valence-electron chi connectivity index (χ4n) is 3.25. The predicted octanol–water partition coefficient (Wildman–Crippen LogP) is 6.20. The summed E-state index contributed by atoms with van der Waals surface area (Å²) in [4.78, 5) is 11.9. The first-order chi connectivity index (χ1) is 11.8. The number of carbonyl (C=O) groups excluding carboxylic acids is 1. The third-order valence-corrected chi connectivity index (χ3v) is 5.10. The van der Waals surface area contributed by atoms with Gasteiger partial charge in [-0.05, 0) is 65.9 Å². The summed E-state index contributed by atoms with van der Waals surface area (Å²) in [5.41, 5.74) is 4.27. The molecule has 0 aliphatic heterocycles. The lowest BCUT2D eigenvalue weighted by molar-refractivity contribution is -0.121. The van der Waals surface area contributed by atoms with E-state index in [2.05, 4.69) is 45.9 Å². The van der Waals surface area contributed by atoms with Crippen molar-refractivity contribution < 1.29 is 9.53 Å². The van der Waals surface area contributed by atoms with E-state index in [1.807, 2.05) is 13.0 Å². The maximum Gasteiger partial charge on any atom is 0.158 e. The molecular weight excluding hydrogens is 308 g/mol. The first kappa shape index (κ1) is 21.6. The zero-order valence-corrected chi connectivity index (χ0v) is 17.0. The van der Waals surface area contributed by atoms with Crippen molar-refractivity contribution in [3.63, 3.8) is 0 Å². The smallest absolute Gasteiger partial charge is 0.158 e. The monoisotopic (exact) mass is 344 g/mol. The Kier molecular flexibility index (Phi) is 9.74. The minimum absolute atomic E-state index is 0.0382. The number of rotatable bonds is 9. The maximum absolute atomic E-state index is 11.9. The van der Waals surface area contributed by atoms with Gasteiger partial charge >= 0.3 is 0 Å². The summed E-state index contributed by atoms with van der Waals surface area (Å²) in [7, 11) is 1.73.